The van der Waals surface area contributed by atoms with Crippen molar-refractivity contribution in [3.63, 3.8) is 0 Å². The summed E-state index contributed by atoms with van der Waals surface area (Å²) in [6.07, 6.45) is 0. The van der Waals surface area contributed by atoms with Crippen molar-refractivity contribution in [1.29, 1.82) is 0 Å². The fourth-order valence-corrected chi connectivity index (χ4v) is 2.43. The summed E-state index contributed by atoms with van der Waals surface area (Å²) in [5.41, 5.74) is 1.72. The molecule has 0 unspecified atom stereocenters. The first-order valence-corrected chi connectivity index (χ1v) is 7.96. The Hall–Kier alpha value is -3.30. The third-order valence-corrected chi connectivity index (χ3v) is 3.74. The molecule has 0 aliphatic carbocycles. The second-order valence-corrected chi connectivity index (χ2v) is 5.59. The second kappa shape index (κ2) is 7.30. The summed E-state index contributed by atoms with van der Waals surface area (Å²) in [5, 5.41) is 17.2. The topological polar surface area (TPSA) is 111 Å². The molecule has 2 amide bonds. The number of urea groups is 1. The van der Waals surface area contributed by atoms with Gasteiger partial charge in [-0.2, -0.15) is 4.80 Å². The highest BCUT2D eigenvalue weighted by Crippen LogP contribution is 2.18. The molecule has 26 heavy (non-hydrogen) atoms. The van der Waals surface area contributed by atoms with Crippen molar-refractivity contribution in [2.24, 2.45) is 0 Å². The van der Waals surface area contributed by atoms with Gasteiger partial charge >= 0.3 is 12.0 Å². The number of hydrogen-bond acceptors (Lipinski definition) is 6. The molecular weight excluding hydrogens is 343 g/mol. The Balaban J connectivity index is 1.85. The van der Waals surface area contributed by atoms with Crippen molar-refractivity contribution in [2.75, 3.05) is 13.2 Å². The predicted octanol–water partition coefficient (Wildman–Crippen LogP) is 0.918. The molecule has 0 atom stereocenters. The largest absolute Gasteiger partial charge is 0.463 e. The van der Waals surface area contributed by atoms with E-state index < -0.39 is 12.0 Å². The lowest BCUT2D eigenvalue weighted by atomic mass is 10.1. The highest BCUT2D eigenvalue weighted by Gasteiger charge is 2.24. The van der Waals surface area contributed by atoms with Crippen LogP contribution >= 0.6 is 0 Å². The molecule has 9 nitrogen and oxygen atoms in total. The van der Waals surface area contributed by atoms with Gasteiger partial charge in [-0.3, -0.25) is 0 Å². The standard InChI is InChI=1S/C16H17FN6O3/c1-3-26-15(24)11-7-18-16(25)19-13(11)8-23-21-14(20-22-23)10-4-5-12(17)9(2)6-10/h4-6H,3,7-8H2,1-2H3,(H2,18,19,25). The van der Waals surface area contributed by atoms with Gasteiger partial charge in [-0.25, -0.2) is 14.0 Å². The van der Waals surface area contributed by atoms with E-state index in [1.54, 1.807) is 26.0 Å². The smallest absolute Gasteiger partial charge is 0.337 e. The number of tetrazole rings is 1. The Morgan fingerprint density at radius 2 is 2.23 bits per heavy atom. The van der Waals surface area contributed by atoms with Crippen LogP contribution in [0.5, 0.6) is 0 Å². The molecule has 2 N–H and O–H groups in total. The summed E-state index contributed by atoms with van der Waals surface area (Å²) >= 11 is 0. The Morgan fingerprint density at radius 1 is 1.42 bits per heavy atom. The number of halogens is 1. The zero-order valence-corrected chi connectivity index (χ0v) is 14.2. The normalized spacial score (nSPS) is 14.0. The molecule has 1 aliphatic heterocycles. The van der Waals surface area contributed by atoms with E-state index in [0.717, 1.165) is 0 Å². The monoisotopic (exact) mass is 360 g/mol. The molecule has 3 rings (SSSR count). The Labute approximate surface area is 148 Å². The van der Waals surface area contributed by atoms with Gasteiger partial charge in [-0.15, -0.1) is 10.2 Å². The fraction of sp³-hybridized carbons (Fsp3) is 0.312. The van der Waals surface area contributed by atoms with Gasteiger partial charge in [0.05, 0.1) is 24.4 Å². The predicted molar refractivity (Wildman–Crippen MR) is 88.1 cm³/mol. The molecule has 0 bridgehead atoms. The maximum absolute atomic E-state index is 13.4. The fourth-order valence-electron chi connectivity index (χ4n) is 2.43. The molecule has 0 saturated carbocycles. The van der Waals surface area contributed by atoms with Crippen molar-refractivity contribution >= 4 is 12.0 Å². The van der Waals surface area contributed by atoms with Gasteiger partial charge < -0.3 is 15.4 Å². The zero-order chi connectivity index (χ0) is 18.7. The minimum absolute atomic E-state index is 0.0365. The highest BCUT2D eigenvalue weighted by atomic mass is 19.1. The van der Waals surface area contributed by atoms with Crippen LogP contribution < -0.4 is 10.6 Å². The van der Waals surface area contributed by atoms with E-state index >= 15 is 0 Å². The number of aromatic nitrogens is 4. The summed E-state index contributed by atoms with van der Waals surface area (Å²) in [4.78, 5) is 24.8. The average Bonchev–Trinajstić information content (AvgIpc) is 3.06. The van der Waals surface area contributed by atoms with Gasteiger partial charge in [0.1, 0.15) is 12.4 Å². The molecule has 2 heterocycles. The van der Waals surface area contributed by atoms with Gasteiger partial charge in [0, 0.05) is 5.56 Å². The van der Waals surface area contributed by atoms with Crippen molar-refractivity contribution in [3.8, 4) is 11.4 Å². The van der Waals surface area contributed by atoms with Crippen LogP contribution in [0.25, 0.3) is 11.4 Å². The van der Waals surface area contributed by atoms with Gasteiger partial charge in [-0.1, -0.05) is 0 Å². The number of esters is 1. The minimum Gasteiger partial charge on any atom is -0.463 e. The number of carbonyl (C=O) groups excluding carboxylic acids is 2. The van der Waals surface area contributed by atoms with Crippen LogP contribution in [-0.2, 0) is 16.1 Å². The number of carbonyl (C=O) groups is 2. The van der Waals surface area contributed by atoms with Crippen LogP contribution in [0.1, 0.15) is 12.5 Å². The lowest BCUT2D eigenvalue weighted by Crippen LogP contribution is -2.45. The number of amides is 2. The molecule has 136 valence electrons. The first-order valence-electron chi connectivity index (χ1n) is 7.96. The maximum Gasteiger partial charge on any atom is 0.337 e. The van der Waals surface area contributed by atoms with Crippen LogP contribution in [-0.4, -0.2) is 45.4 Å². The van der Waals surface area contributed by atoms with Gasteiger partial charge in [0.15, 0.2) is 0 Å². The Kier molecular flexibility index (Phi) is 4.92. The van der Waals surface area contributed by atoms with E-state index in [0.29, 0.717) is 28.2 Å². The summed E-state index contributed by atoms with van der Waals surface area (Å²) in [6.45, 7) is 3.65. The zero-order valence-electron chi connectivity index (χ0n) is 14.2. The molecule has 1 aromatic carbocycles. The first-order chi connectivity index (χ1) is 12.5. The molecule has 0 fully saturated rings. The lowest BCUT2D eigenvalue weighted by Gasteiger charge is -2.20. The molecule has 0 saturated heterocycles. The van der Waals surface area contributed by atoms with Crippen molar-refractivity contribution < 1.29 is 18.7 Å². The van der Waals surface area contributed by atoms with Crippen LogP contribution in [0.3, 0.4) is 0 Å². The number of aryl methyl sites for hydroxylation is 1. The van der Waals surface area contributed by atoms with E-state index in [-0.39, 0.29) is 25.5 Å². The molecular formula is C16H17FN6O3. The highest BCUT2D eigenvalue weighted by molar-refractivity contribution is 5.93. The number of nitrogens with one attached hydrogen (secondary N) is 2. The Morgan fingerprint density at radius 3 is 2.96 bits per heavy atom. The summed E-state index contributed by atoms with van der Waals surface area (Å²) < 4.78 is 18.4. The summed E-state index contributed by atoms with van der Waals surface area (Å²) in [6, 6.07) is 4.08. The van der Waals surface area contributed by atoms with E-state index in [9.17, 15) is 14.0 Å². The van der Waals surface area contributed by atoms with E-state index in [4.69, 9.17) is 4.74 Å². The van der Waals surface area contributed by atoms with Crippen molar-refractivity contribution in [3.05, 3.63) is 40.8 Å². The maximum atomic E-state index is 13.4. The quantitative estimate of drug-likeness (QED) is 0.767. The summed E-state index contributed by atoms with van der Waals surface area (Å²) in [7, 11) is 0. The molecule has 0 spiro atoms. The Bertz CT molecular complexity index is 892. The summed E-state index contributed by atoms with van der Waals surface area (Å²) in [5.74, 6) is -0.529. The number of hydrogen-bond donors (Lipinski definition) is 2. The first kappa shape index (κ1) is 17.5. The molecule has 10 heteroatoms. The third kappa shape index (κ3) is 3.68. The molecule has 0 radical (unpaired) electrons. The van der Waals surface area contributed by atoms with Crippen LogP contribution in [0.15, 0.2) is 29.5 Å². The number of benzene rings is 1. The molecule has 1 aromatic heterocycles. The van der Waals surface area contributed by atoms with Crippen LogP contribution in [0.4, 0.5) is 9.18 Å². The van der Waals surface area contributed by atoms with Crippen molar-refractivity contribution in [2.45, 2.75) is 20.4 Å². The molecule has 2 aromatic rings. The number of rotatable bonds is 5. The SMILES string of the molecule is CCOC(=O)C1=C(Cn2nnc(-c3ccc(F)c(C)c3)n2)NC(=O)NC1. The number of nitrogens with zero attached hydrogens (tertiary/aromatic N) is 4. The van der Waals surface area contributed by atoms with Crippen LogP contribution in [0, 0.1) is 12.7 Å². The molecule has 1 aliphatic rings. The third-order valence-electron chi connectivity index (χ3n) is 3.74. The number of ether oxygens (including phenoxy) is 1. The van der Waals surface area contributed by atoms with Gasteiger partial charge in [-0.05, 0) is 42.8 Å². The minimum atomic E-state index is -0.524. The van der Waals surface area contributed by atoms with Gasteiger partial charge in [0.2, 0.25) is 5.82 Å². The lowest BCUT2D eigenvalue weighted by molar-refractivity contribution is -0.138. The van der Waals surface area contributed by atoms with Gasteiger partial charge in [0.25, 0.3) is 0 Å². The van der Waals surface area contributed by atoms with E-state index in [1.807, 2.05) is 0 Å². The van der Waals surface area contributed by atoms with E-state index in [2.05, 4.69) is 26.0 Å². The van der Waals surface area contributed by atoms with E-state index in [1.165, 1.54) is 10.9 Å². The average molecular weight is 360 g/mol. The van der Waals surface area contributed by atoms with Crippen molar-refractivity contribution in [1.82, 2.24) is 30.8 Å². The second-order valence-electron chi connectivity index (χ2n) is 5.59. The number of allylic oxidation sites excluding steroid dienone is 1. The van der Waals surface area contributed by atoms with Crippen LogP contribution in [0.2, 0.25) is 0 Å².